The highest BCUT2D eigenvalue weighted by Gasteiger charge is 2.28. The molecule has 1 amide bonds. The van der Waals surface area contributed by atoms with Gasteiger partial charge in [0.15, 0.2) is 0 Å². The SMILES string of the molecule is Cc1ccccc1SCC(=O)NCC(C)(C)N1CCOCC1. The molecule has 0 aliphatic carbocycles. The van der Waals surface area contributed by atoms with Crippen LogP contribution in [0.4, 0.5) is 0 Å². The smallest absolute Gasteiger partial charge is 0.230 e. The summed E-state index contributed by atoms with van der Waals surface area (Å²) in [5.41, 5.74) is 1.18. The average Bonchev–Trinajstić information content (AvgIpc) is 2.53. The zero-order valence-corrected chi connectivity index (χ0v) is 14.5. The van der Waals surface area contributed by atoms with Crippen LogP contribution in [-0.4, -0.2) is 54.9 Å². The summed E-state index contributed by atoms with van der Waals surface area (Å²) < 4.78 is 5.39. The minimum Gasteiger partial charge on any atom is -0.379 e. The molecule has 1 aliphatic heterocycles. The fourth-order valence-corrected chi connectivity index (χ4v) is 3.37. The molecule has 122 valence electrons. The molecule has 0 radical (unpaired) electrons. The number of thioether (sulfide) groups is 1. The summed E-state index contributed by atoms with van der Waals surface area (Å²) in [7, 11) is 0. The molecule has 1 aromatic rings. The Morgan fingerprint density at radius 2 is 2.00 bits per heavy atom. The van der Waals surface area contributed by atoms with Crippen molar-refractivity contribution in [2.45, 2.75) is 31.2 Å². The zero-order chi connectivity index (χ0) is 16.0. The van der Waals surface area contributed by atoms with E-state index in [1.165, 1.54) is 10.5 Å². The van der Waals surface area contributed by atoms with Gasteiger partial charge >= 0.3 is 0 Å². The molecule has 0 aromatic heterocycles. The Morgan fingerprint density at radius 3 is 2.68 bits per heavy atom. The van der Waals surface area contributed by atoms with E-state index >= 15 is 0 Å². The Labute approximate surface area is 137 Å². The van der Waals surface area contributed by atoms with Crippen molar-refractivity contribution in [1.82, 2.24) is 10.2 Å². The highest BCUT2D eigenvalue weighted by molar-refractivity contribution is 8.00. The first-order valence-electron chi connectivity index (χ1n) is 7.77. The number of ether oxygens (including phenoxy) is 1. The first-order chi connectivity index (χ1) is 10.5. The highest BCUT2D eigenvalue weighted by atomic mass is 32.2. The third kappa shape index (κ3) is 5.00. The van der Waals surface area contributed by atoms with Crippen molar-refractivity contribution < 1.29 is 9.53 Å². The number of carbonyl (C=O) groups is 1. The number of hydrogen-bond acceptors (Lipinski definition) is 4. The van der Waals surface area contributed by atoms with Crippen LogP contribution < -0.4 is 5.32 Å². The number of amides is 1. The topological polar surface area (TPSA) is 41.6 Å². The predicted molar refractivity (Wildman–Crippen MR) is 91.4 cm³/mol. The molecule has 0 unspecified atom stereocenters. The summed E-state index contributed by atoms with van der Waals surface area (Å²) in [6, 6.07) is 8.16. The van der Waals surface area contributed by atoms with Crippen molar-refractivity contribution in [2.24, 2.45) is 0 Å². The predicted octanol–water partition coefficient (Wildman–Crippen LogP) is 2.31. The van der Waals surface area contributed by atoms with Gasteiger partial charge in [0.1, 0.15) is 0 Å². The van der Waals surface area contributed by atoms with E-state index < -0.39 is 0 Å². The van der Waals surface area contributed by atoms with E-state index in [0.717, 1.165) is 26.3 Å². The molecule has 4 nitrogen and oxygen atoms in total. The molecule has 0 spiro atoms. The number of carbonyl (C=O) groups excluding carboxylic acids is 1. The molecule has 1 aromatic carbocycles. The van der Waals surface area contributed by atoms with Gasteiger partial charge in [-0.1, -0.05) is 18.2 Å². The normalized spacial score (nSPS) is 16.5. The van der Waals surface area contributed by atoms with E-state index in [1.807, 2.05) is 12.1 Å². The second-order valence-electron chi connectivity index (χ2n) is 6.24. The van der Waals surface area contributed by atoms with Gasteiger partial charge in [-0.05, 0) is 32.4 Å². The number of benzene rings is 1. The lowest BCUT2D eigenvalue weighted by Crippen LogP contribution is -2.55. The van der Waals surface area contributed by atoms with Gasteiger partial charge in [0.25, 0.3) is 0 Å². The Balaban J connectivity index is 1.76. The molecular weight excluding hydrogens is 296 g/mol. The van der Waals surface area contributed by atoms with E-state index in [1.54, 1.807) is 11.8 Å². The van der Waals surface area contributed by atoms with Crippen LogP contribution >= 0.6 is 11.8 Å². The number of nitrogens with one attached hydrogen (secondary N) is 1. The quantitative estimate of drug-likeness (QED) is 0.816. The van der Waals surface area contributed by atoms with Crippen LogP contribution in [0.15, 0.2) is 29.2 Å². The largest absolute Gasteiger partial charge is 0.379 e. The summed E-state index contributed by atoms with van der Waals surface area (Å²) in [6.07, 6.45) is 0. The zero-order valence-electron chi connectivity index (χ0n) is 13.7. The summed E-state index contributed by atoms with van der Waals surface area (Å²) in [6.45, 7) is 10.5. The van der Waals surface area contributed by atoms with Crippen molar-refractivity contribution in [3.63, 3.8) is 0 Å². The van der Waals surface area contributed by atoms with E-state index in [-0.39, 0.29) is 11.4 Å². The van der Waals surface area contributed by atoms with Crippen LogP contribution in [0.25, 0.3) is 0 Å². The Kier molecular flexibility index (Phi) is 6.29. The molecule has 22 heavy (non-hydrogen) atoms. The molecule has 0 saturated carbocycles. The van der Waals surface area contributed by atoms with Crippen molar-refractivity contribution >= 4 is 17.7 Å². The van der Waals surface area contributed by atoms with Gasteiger partial charge in [0.05, 0.1) is 19.0 Å². The van der Waals surface area contributed by atoms with Crippen molar-refractivity contribution in [3.8, 4) is 0 Å². The summed E-state index contributed by atoms with van der Waals surface area (Å²) in [5.74, 6) is 0.555. The van der Waals surface area contributed by atoms with Crippen LogP contribution in [0.3, 0.4) is 0 Å². The first kappa shape index (κ1) is 17.3. The lowest BCUT2D eigenvalue weighted by Gasteiger charge is -2.40. The second-order valence-corrected chi connectivity index (χ2v) is 7.26. The van der Waals surface area contributed by atoms with Crippen molar-refractivity contribution in [1.29, 1.82) is 0 Å². The molecule has 0 bridgehead atoms. The summed E-state index contributed by atoms with van der Waals surface area (Å²) in [4.78, 5) is 15.6. The number of morpholine rings is 1. The van der Waals surface area contributed by atoms with Crippen LogP contribution in [-0.2, 0) is 9.53 Å². The van der Waals surface area contributed by atoms with Gasteiger partial charge in [-0.2, -0.15) is 0 Å². The van der Waals surface area contributed by atoms with Crippen molar-refractivity contribution in [3.05, 3.63) is 29.8 Å². The summed E-state index contributed by atoms with van der Waals surface area (Å²) in [5, 5.41) is 3.07. The lowest BCUT2D eigenvalue weighted by atomic mass is 10.0. The molecule has 5 heteroatoms. The molecule has 1 N–H and O–H groups in total. The molecular formula is C17H26N2O2S. The molecule has 1 saturated heterocycles. The minimum atomic E-state index is -0.0350. The standard InChI is InChI=1S/C17H26N2O2S/c1-14-6-4-5-7-15(14)22-12-16(20)18-13-17(2,3)19-8-10-21-11-9-19/h4-7H,8-13H2,1-3H3,(H,18,20). The monoisotopic (exact) mass is 322 g/mol. The van der Waals surface area contributed by atoms with Gasteiger partial charge in [-0.3, -0.25) is 9.69 Å². The molecule has 1 aliphatic rings. The van der Waals surface area contributed by atoms with E-state index in [4.69, 9.17) is 4.74 Å². The first-order valence-corrected chi connectivity index (χ1v) is 8.75. The third-order valence-electron chi connectivity index (χ3n) is 4.04. The van der Waals surface area contributed by atoms with Crippen LogP contribution in [0.2, 0.25) is 0 Å². The fraction of sp³-hybridized carbons (Fsp3) is 0.588. The van der Waals surface area contributed by atoms with Gasteiger partial charge in [-0.15, -0.1) is 11.8 Å². The number of rotatable bonds is 6. The number of aryl methyl sites for hydroxylation is 1. The maximum atomic E-state index is 12.1. The third-order valence-corrected chi connectivity index (χ3v) is 5.21. The molecule has 0 atom stereocenters. The maximum Gasteiger partial charge on any atom is 0.230 e. The van der Waals surface area contributed by atoms with E-state index in [2.05, 4.69) is 43.1 Å². The van der Waals surface area contributed by atoms with Crippen molar-refractivity contribution in [2.75, 3.05) is 38.6 Å². The molecule has 1 heterocycles. The van der Waals surface area contributed by atoms with Crippen LogP contribution in [0.5, 0.6) is 0 Å². The Morgan fingerprint density at radius 1 is 1.32 bits per heavy atom. The maximum absolute atomic E-state index is 12.1. The van der Waals surface area contributed by atoms with Gasteiger partial charge in [-0.25, -0.2) is 0 Å². The summed E-state index contributed by atoms with van der Waals surface area (Å²) >= 11 is 1.60. The van der Waals surface area contributed by atoms with E-state index in [0.29, 0.717) is 12.3 Å². The van der Waals surface area contributed by atoms with Crippen LogP contribution in [0.1, 0.15) is 19.4 Å². The van der Waals surface area contributed by atoms with E-state index in [9.17, 15) is 4.79 Å². The number of hydrogen-bond donors (Lipinski definition) is 1. The fourth-order valence-electron chi connectivity index (χ4n) is 2.51. The highest BCUT2D eigenvalue weighted by Crippen LogP contribution is 2.21. The Hall–Kier alpha value is -1.04. The average molecular weight is 322 g/mol. The Bertz CT molecular complexity index is 499. The van der Waals surface area contributed by atoms with Gasteiger partial charge < -0.3 is 10.1 Å². The molecule has 1 fully saturated rings. The van der Waals surface area contributed by atoms with Crippen LogP contribution in [0, 0.1) is 6.92 Å². The van der Waals surface area contributed by atoms with Gasteiger partial charge in [0, 0.05) is 30.1 Å². The second kappa shape index (κ2) is 7.99. The number of nitrogens with zero attached hydrogens (tertiary/aromatic N) is 1. The molecule has 2 rings (SSSR count). The minimum absolute atomic E-state index is 0.0350. The van der Waals surface area contributed by atoms with Gasteiger partial charge in [0.2, 0.25) is 5.91 Å². The lowest BCUT2D eigenvalue weighted by molar-refractivity contribution is -0.119.